The van der Waals surface area contributed by atoms with Crippen LogP contribution >= 0.6 is 0 Å². The third-order valence-electron chi connectivity index (χ3n) is 20.7. The number of hydrogen-bond donors (Lipinski definition) is 0. The Labute approximate surface area is 448 Å². The molecule has 0 amide bonds. The molecule has 0 saturated carbocycles. The van der Waals surface area contributed by atoms with Crippen molar-refractivity contribution in [3.8, 4) is 11.1 Å². The monoisotopic (exact) mass is 979 g/mol. The second-order valence-electron chi connectivity index (χ2n) is 31.1. The topological polar surface area (TPSA) is 6.48 Å². The summed E-state index contributed by atoms with van der Waals surface area (Å²) in [4.78, 5) is 5.58. The summed E-state index contributed by atoms with van der Waals surface area (Å²) in [5.41, 5.74) is 29.9. The highest BCUT2D eigenvalue weighted by Gasteiger charge is 2.51. The number of nitrogens with zero attached hydrogens (tertiary/aromatic N) is 2. The standard InChI is InChI=1S/C71H87BN2/c1-63(2,3)42-24-26-45-46-22-21-23-56(61(46)71(19,20)48(45)34-42)74-58-41-53-51(68(13,14)31-33-70(53,17)18)39-55(58)72-54-38-50-52(69(15,16)32-30-67(50,11)12)40-57(54)73(59-35-43(64(4,5)6)36-60(74)62(59)72)44-25-27-47-49(37-44)66(9,10)29-28-65(47,7)8/h21-27,34-41H,28-33H2,1-20H3. The molecule has 4 aliphatic carbocycles. The zero-order valence-electron chi connectivity index (χ0n) is 49.4. The first-order chi connectivity index (χ1) is 34.2. The van der Waals surface area contributed by atoms with Crippen molar-refractivity contribution >= 4 is 57.2 Å². The van der Waals surface area contributed by atoms with E-state index in [1.54, 1.807) is 0 Å². The van der Waals surface area contributed by atoms with Crippen molar-refractivity contribution in [1.82, 2.24) is 0 Å². The zero-order valence-corrected chi connectivity index (χ0v) is 49.4. The van der Waals surface area contributed by atoms with Crippen LogP contribution in [0.15, 0.2) is 91.0 Å². The normalized spacial score (nSPS) is 21.3. The lowest BCUT2D eigenvalue weighted by Gasteiger charge is -2.50. The fourth-order valence-corrected chi connectivity index (χ4v) is 15.3. The van der Waals surface area contributed by atoms with E-state index in [9.17, 15) is 0 Å². The van der Waals surface area contributed by atoms with Gasteiger partial charge in [0.05, 0.1) is 5.69 Å². The Hall–Kier alpha value is -5.02. The SMILES string of the molecule is CC(C)(C)c1cc2c3c(c1)N(c1cccc4c1C(C)(C)c1cc(C(C)(C)C)ccc1-4)c1cc4c(cc1B3c1cc3c(cc1N2c1ccc2c(c1)C(C)(C)CCC2(C)C)C(C)(C)CCC3(C)C)C(C)(C)CCC4(C)C. The molecule has 2 heterocycles. The largest absolute Gasteiger partial charge is 0.311 e. The van der Waals surface area contributed by atoms with Gasteiger partial charge in [0, 0.05) is 33.9 Å². The Kier molecular flexibility index (Phi) is 10.2. The summed E-state index contributed by atoms with van der Waals surface area (Å²) in [7, 11) is 0. The lowest BCUT2D eigenvalue weighted by molar-refractivity contribution is 0.332. The quantitative estimate of drug-likeness (QED) is 0.159. The lowest BCUT2D eigenvalue weighted by atomic mass is 9.32. The molecule has 0 fully saturated rings. The minimum absolute atomic E-state index is 0.0342. The first-order valence-corrected chi connectivity index (χ1v) is 28.8. The molecule has 0 atom stereocenters. The molecule has 384 valence electrons. The molecule has 2 aliphatic heterocycles. The molecule has 0 N–H and O–H groups in total. The summed E-state index contributed by atoms with van der Waals surface area (Å²) in [6.07, 6.45) is 7.10. The molecule has 0 bridgehead atoms. The van der Waals surface area contributed by atoms with E-state index >= 15 is 0 Å². The highest BCUT2D eigenvalue weighted by molar-refractivity contribution is 7.00. The number of anilines is 6. The maximum absolute atomic E-state index is 2.81. The van der Waals surface area contributed by atoms with Crippen LogP contribution in [-0.4, -0.2) is 6.71 Å². The molecule has 0 spiro atoms. The predicted octanol–water partition coefficient (Wildman–Crippen LogP) is 17.7. The summed E-state index contributed by atoms with van der Waals surface area (Å²) in [5, 5.41) is 0. The predicted molar refractivity (Wildman–Crippen MR) is 321 cm³/mol. The highest BCUT2D eigenvalue weighted by Crippen LogP contribution is 2.59. The minimum Gasteiger partial charge on any atom is -0.311 e. The number of hydrogen-bond acceptors (Lipinski definition) is 2. The first-order valence-electron chi connectivity index (χ1n) is 28.8. The first kappa shape index (κ1) is 49.8. The summed E-state index contributed by atoms with van der Waals surface area (Å²) >= 11 is 0. The number of fused-ring (bicyclic) bond motifs is 10. The second kappa shape index (κ2) is 15.1. The molecule has 6 aliphatic rings. The summed E-state index contributed by atoms with van der Waals surface area (Å²) in [5.74, 6) is 0. The number of rotatable bonds is 2. The van der Waals surface area contributed by atoms with Crippen LogP contribution in [0, 0.1) is 0 Å². The van der Waals surface area contributed by atoms with Crippen LogP contribution in [0.3, 0.4) is 0 Å². The average Bonchev–Trinajstić information content (AvgIpc) is 3.55. The van der Waals surface area contributed by atoms with Crippen molar-refractivity contribution in [2.24, 2.45) is 0 Å². The van der Waals surface area contributed by atoms with Crippen molar-refractivity contribution in [3.05, 3.63) is 147 Å². The molecule has 12 rings (SSSR count). The van der Waals surface area contributed by atoms with Crippen LogP contribution in [0.1, 0.15) is 233 Å². The molecular formula is C71H87BN2. The van der Waals surface area contributed by atoms with Gasteiger partial charge in [0.25, 0.3) is 6.71 Å². The molecule has 6 aromatic carbocycles. The Bertz CT molecular complexity index is 3410. The van der Waals surface area contributed by atoms with Crippen molar-refractivity contribution in [3.63, 3.8) is 0 Å². The van der Waals surface area contributed by atoms with E-state index in [2.05, 4.69) is 239 Å². The third-order valence-corrected chi connectivity index (χ3v) is 20.7. The van der Waals surface area contributed by atoms with Crippen LogP contribution in [0.25, 0.3) is 11.1 Å². The molecule has 0 unspecified atom stereocenters. The van der Waals surface area contributed by atoms with Gasteiger partial charge < -0.3 is 9.80 Å². The maximum atomic E-state index is 2.81. The second-order valence-corrected chi connectivity index (χ2v) is 31.1. The molecule has 3 heteroatoms. The molecule has 0 saturated heterocycles. The average molecular weight is 979 g/mol. The summed E-state index contributed by atoms with van der Waals surface area (Å²) < 4.78 is 0. The van der Waals surface area contributed by atoms with Crippen LogP contribution in [0.2, 0.25) is 0 Å². The van der Waals surface area contributed by atoms with Gasteiger partial charge in [0.2, 0.25) is 0 Å². The fourth-order valence-electron chi connectivity index (χ4n) is 15.3. The van der Waals surface area contributed by atoms with Crippen molar-refractivity contribution in [2.45, 2.75) is 226 Å². The van der Waals surface area contributed by atoms with Crippen LogP contribution in [0.4, 0.5) is 34.1 Å². The van der Waals surface area contributed by atoms with E-state index in [0.717, 1.165) is 0 Å². The molecular weight excluding hydrogens is 892 g/mol. The van der Waals surface area contributed by atoms with Gasteiger partial charge in [-0.25, -0.2) is 0 Å². The highest BCUT2D eigenvalue weighted by atomic mass is 15.2. The van der Waals surface area contributed by atoms with Gasteiger partial charge in [-0.3, -0.25) is 0 Å². The lowest BCUT2D eigenvalue weighted by Crippen LogP contribution is -2.62. The van der Waals surface area contributed by atoms with Crippen LogP contribution < -0.4 is 26.2 Å². The van der Waals surface area contributed by atoms with Crippen molar-refractivity contribution in [1.29, 1.82) is 0 Å². The Morgan fingerprint density at radius 2 is 0.811 bits per heavy atom. The van der Waals surface area contributed by atoms with E-state index in [1.165, 1.54) is 156 Å². The van der Waals surface area contributed by atoms with E-state index in [-0.39, 0.29) is 55.4 Å². The van der Waals surface area contributed by atoms with Gasteiger partial charge >= 0.3 is 0 Å². The molecule has 74 heavy (non-hydrogen) atoms. The molecule has 0 radical (unpaired) electrons. The Morgan fingerprint density at radius 1 is 0.365 bits per heavy atom. The van der Waals surface area contributed by atoms with Gasteiger partial charge in [-0.2, -0.15) is 0 Å². The van der Waals surface area contributed by atoms with Gasteiger partial charge in [0.1, 0.15) is 0 Å². The van der Waals surface area contributed by atoms with Gasteiger partial charge in [-0.15, -0.1) is 0 Å². The van der Waals surface area contributed by atoms with E-state index in [1.807, 2.05) is 0 Å². The van der Waals surface area contributed by atoms with Gasteiger partial charge in [0.15, 0.2) is 0 Å². The van der Waals surface area contributed by atoms with Gasteiger partial charge in [-0.1, -0.05) is 187 Å². The molecule has 2 nitrogen and oxygen atoms in total. The van der Waals surface area contributed by atoms with Crippen LogP contribution in [-0.2, 0) is 48.7 Å². The van der Waals surface area contributed by atoms with Crippen molar-refractivity contribution in [2.75, 3.05) is 9.80 Å². The fraction of sp³-hybridized carbons (Fsp3) is 0.493. The van der Waals surface area contributed by atoms with E-state index in [0.29, 0.717) is 0 Å². The summed E-state index contributed by atoms with van der Waals surface area (Å²) in [6, 6.07) is 38.5. The van der Waals surface area contributed by atoms with Crippen molar-refractivity contribution < 1.29 is 0 Å². The maximum Gasteiger partial charge on any atom is 0.252 e. The Morgan fingerprint density at radius 3 is 1.31 bits per heavy atom. The van der Waals surface area contributed by atoms with Crippen LogP contribution in [0.5, 0.6) is 0 Å². The number of benzene rings is 6. The minimum atomic E-state index is -0.240. The zero-order chi connectivity index (χ0) is 53.2. The third kappa shape index (κ3) is 7.01. The summed E-state index contributed by atoms with van der Waals surface area (Å²) in [6.45, 7) is 49.5. The molecule has 6 aromatic rings. The smallest absolute Gasteiger partial charge is 0.252 e. The van der Waals surface area contributed by atoms with E-state index in [4.69, 9.17) is 0 Å². The molecule has 0 aromatic heterocycles. The van der Waals surface area contributed by atoms with Gasteiger partial charge in [-0.05, 0) is 207 Å². The Balaban J connectivity index is 1.24. The van der Waals surface area contributed by atoms with E-state index < -0.39 is 0 Å².